The number of carbonyl (C=O) groups is 1. The van der Waals surface area contributed by atoms with E-state index in [4.69, 9.17) is 9.47 Å². The number of hydrogen-bond acceptors (Lipinski definition) is 3. The smallest absolute Gasteiger partial charge is 0.278 e. The van der Waals surface area contributed by atoms with E-state index in [0.29, 0.717) is 6.54 Å². The van der Waals surface area contributed by atoms with E-state index >= 15 is 0 Å². The van der Waals surface area contributed by atoms with E-state index in [1.165, 1.54) is 4.90 Å². The molecule has 0 spiro atoms. The summed E-state index contributed by atoms with van der Waals surface area (Å²) >= 11 is 0. The first-order valence-corrected chi connectivity index (χ1v) is 10.4. The second-order valence-electron chi connectivity index (χ2n) is 7.61. The van der Waals surface area contributed by atoms with E-state index < -0.39 is 0 Å². The fourth-order valence-electron chi connectivity index (χ4n) is 3.71. The zero-order chi connectivity index (χ0) is 20.5. The van der Waals surface area contributed by atoms with E-state index in [9.17, 15) is 4.79 Å². The number of ether oxygens (including phenoxy) is 2. The molecule has 6 heteroatoms. The van der Waals surface area contributed by atoms with Crippen LogP contribution in [0.2, 0.25) is 0 Å². The van der Waals surface area contributed by atoms with Crippen molar-refractivity contribution in [2.24, 2.45) is 0 Å². The Labute approximate surface area is 173 Å². The highest BCUT2D eigenvalue weighted by atomic mass is 16.5. The van der Waals surface area contributed by atoms with E-state index in [0.717, 1.165) is 56.4 Å². The summed E-state index contributed by atoms with van der Waals surface area (Å²) in [7, 11) is 1.65. The fraction of sp³-hybridized carbons (Fsp3) is 0.435. The lowest BCUT2D eigenvalue weighted by Crippen LogP contribution is -3.30. The molecule has 29 heavy (non-hydrogen) atoms. The topological polar surface area (TPSA) is 56.4 Å². The van der Waals surface area contributed by atoms with Crippen molar-refractivity contribution in [3.05, 3.63) is 60.2 Å². The Morgan fingerprint density at radius 3 is 2.34 bits per heavy atom. The van der Waals surface area contributed by atoms with Gasteiger partial charge in [0.15, 0.2) is 6.04 Å². The molecule has 0 saturated carbocycles. The van der Waals surface area contributed by atoms with Gasteiger partial charge in [0.25, 0.3) is 5.91 Å². The maximum atomic E-state index is 12.6. The van der Waals surface area contributed by atoms with E-state index in [2.05, 4.69) is 5.32 Å². The molecular weight excluding hydrogens is 366 g/mol. The first-order valence-electron chi connectivity index (χ1n) is 10.4. The van der Waals surface area contributed by atoms with Crippen molar-refractivity contribution in [1.29, 1.82) is 0 Å². The van der Waals surface area contributed by atoms with Crippen molar-refractivity contribution in [1.82, 2.24) is 5.32 Å². The summed E-state index contributed by atoms with van der Waals surface area (Å²) in [5.74, 6) is 1.87. The molecule has 1 fully saturated rings. The van der Waals surface area contributed by atoms with Crippen molar-refractivity contribution in [2.75, 3.05) is 46.4 Å². The summed E-state index contributed by atoms with van der Waals surface area (Å²) in [6, 6.07) is 17.7. The van der Waals surface area contributed by atoms with Crippen LogP contribution in [-0.4, -0.2) is 58.4 Å². The molecule has 3 N–H and O–H groups in total. The molecule has 2 aromatic carbocycles. The van der Waals surface area contributed by atoms with Crippen molar-refractivity contribution in [3.8, 4) is 11.5 Å². The van der Waals surface area contributed by atoms with Crippen LogP contribution >= 0.6 is 0 Å². The Balaban J connectivity index is 1.35. The van der Waals surface area contributed by atoms with E-state index in [1.807, 2.05) is 61.5 Å². The van der Waals surface area contributed by atoms with Crippen LogP contribution in [0.15, 0.2) is 54.6 Å². The number of quaternary nitrogens is 2. The lowest BCUT2D eigenvalue weighted by atomic mass is 10.2. The second-order valence-corrected chi connectivity index (χ2v) is 7.61. The van der Waals surface area contributed by atoms with Gasteiger partial charge in [0.1, 0.15) is 50.8 Å². The highest BCUT2D eigenvalue weighted by Crippen LogP contribution is 2.11. The summed E-state index contributed by atoms with van der Waals surface area (Å²) in [5.41, 5.74) is 1.08. The average Bonchev–Trinajstić information content (AvgIpc) is 2.78. The molecule has 0 bridgehead atoms. The van der Waals surface area contributed by atoms with Crippen molar-refractivity contribution < 1.29 is 24.1 Å². The lowest BCUT2D eigenvalue weighted by molar-refractivity contribution is -1.02. The molecule has 156 valence electrons. The quantitative estimate of drug-likeness (QED) is 0.536. The van der Waals surface area contributed by atoms with Crippen LogP contribution in [0.1, 0.15) is 12.5 Å². The largest absolute Gasteiger partial charge is 0.497 e. The highest BCUT2D eigenvalue weighted by Gasteiger charge is 2.30. The third kappa shape index (κ3) is 6.48. The number of methoxy groups -OCH3 is 1. The Morgan fingerprint density at radius 1 is 1.00 bits per heavy atom. The number of para-hydroxylation sites is 1. The summed E-state index contributed by atoms with van der Waals surface area (Å²) < 4.78 is 11.0. The number of rotatable bonds is 9. The van der Waals surface area contributed by atoms with Gasteiger partial charge >= 0.3 is 0 Å². The zero-order valence-electron chi connectivity index (χ0n) is 17.4. The van der Waals surface area contributed by atoms with Crippen molar-refractivity contribution in [2.45, 2.75) is 19.5 Å². The zero-order valence-corrected chi connectivity index (χ0v) is 17.4. The van der Waals surface area contributed by atoms with Crippen molar-refractivity contribution in [3.63, 3.8) is 0 Å². The third-order valence-corrected chi connectivity index (χ3v) is 5.70. The van der Waals surface area contributed by atoms with Gasteiger partial charge in [-0.15, -0.1) is 0 Å². The predicted octanol–water partition coefficient (Wildman–Crippen LogP) is -0.438. The van der Waals surface area contributed by atoms with Gasteiger partial charge in [0.05, 0.1) is 7.11 Å². The third-order valence-electron chi connectivity index (χ3n) is 5.70. The monoisotopic (exact) mass is 399 g/mol. The minimum Gasteiger partial charge on any atom is -0.497 e. The van der Waals surface area contributed by atoms with Gasteiger partial charge in [0, 0.05) is 6.54 Å². The number of nitrogens with one attached hydrogen (secondary N) is 3. The molecule has 1 aliphatic heterocycles. The van der Waals surface area contributed by atoms with Gasteiger partial charge in [-0.25, -0.2) is 0 Å². The number of piperazine rings is 1. The van der Waals surface area contributed by atoms with Crippen molar-refractivity contribution >= 4 is 5.91 Å². The molecule has 3 rings (SSSR count). The van der Waals surface area contributed by atoms with Crippen LogP contribution in [0.25, 0.3) is 0 Å². The van der Waals surface area contributed by atoms with Crippen LogP contribution in [-0.2, 0) is 11.3 Å². The standard InChI is InChI=1S/C23H31N3O3/c1-19(23(27)24-18-20-8-10-21(28-2)11-9-20)26-14-12-25(13-15-26)16-17-29-22-6-4-3-5-7-22/h3-11,19H,12-18H2,1-2H3,(H,24,27)/p+2/t19-/m1/s1. The van der Waals surface area contributed by atoms with Crippen LogP contribution in [0, 0.1) is 0 Å². The molecule has 1 saturated heterocycles. The van der Waals surface area contributed by atoms with Gasteiger partial charge in [-0.1, -0.05) is 30.3 Å². The summed E-state index contributed by atoms with van der Waals surface area (Å²) in [6.45, 7) is 8.48. The fourth-order valence-corrected chi connectivity index (χ4v) is 3.71. The molecule has 1 amide bonds. The van der Waals surface area contributed by atoms with Gasteiger partial charge < -0.3 is 24.6 Å². The molecule has 0 radical (unpaired) electrons. The van der Waals surface area contributed by atoms with Gasteiger partial charge in [-0.3, -0.25) is 4.79 Å². The average molecular weight is 400 g/mol. The van der Waals surface area contributed by atoms with E-state index in [-0.39, 0.29) is 11.9 Å². The molecule has 0 aromatic heterocycles. The molecule has 2 aromatic rings. The van der Waals surface area contributed by atoms with Gasteiger partial charge in [-0.05, 0) is 36.8 Å². The number of benzene rings is 2. The van der Waals surface area contributed by atoms with Gasteiger partial charge in [0.2, 0.25) is 0 Å². The van der Waals surface area contributed by atoms with Crippen LogP contribution < -0.4 is 24.6 Å². The molecule has 0 unspecified atom stereocenters. The van der Waals surface area contributed by atoms with Gasteiger partial charge in [-0.2, -0.15) is 0 Å². The normalized spacial score (nSPS) is 19.9. The predicted molar refractivity (Wildman–Crippen MR) is 113 cm³/mol. The molecule has 0 aliphatic carbocycles. The molecule has 6 nitrogen and oxygen atoms in total. The molecule has 1 aliphatic rings. The van der Waals surface area contributed by atoms with Crippen LogP contribution in [0.4, 0.5) is 0 Å². The Bertz CT molecular complexity index is 744. The number of amides is 1. The number of carbonyl (C=O) groups excluding carboxylic acids is 1. The summed E-state index contributed by atoms with van der Waals surface area (Å²) in [5, 5.41) is 3.07. The maximum absolute atomic E-state index is 12.6. The second kappa shape index (κ2) is 10.8. The summed E-state index contributed by atoms with van der Waals surface area (Å²) in [6.07, 6.45) is 0. The first kappa shape index (κ1) is 21.1. The first-order chi connectivity index (χ1) is 14.2. The SMILES string of the molecule is COc1ccc(CNC(=O)[C@@H](C)[NH+]2CC[NH+](CCOc3ccccc3)CC2)cc1. The molecule has 1 heterocycles. The molecular formula is C23H33N3O3+2. The minimum atomic E-state index is -0.0321. The maximum Gasteiger partial charge on any atom is 0.278 e. The Morgan fingerprint density at radius 2 is 1.69 bits per heavy atom. The summed E-state index contributed by atoms with van der Waals surface area (Å²) in [4.78, 5) is 15.5. The van der Waals surface area contributed by atoms with Crippen LogP contribution in [0.5, 0.6) is 11.5 Å². The Kier molecular flexibility index (Phi) is 7.90. The molecule has 1 atom stereocenters. The Hall–Kier alpha value is -2.57. The number of hydrogen-bond donors (Lipinski definition) is 3. The highest BCUT2D eigenvalue weighted by molar-refractivity contribution is 5.79. The lowest BCUT2D eigenvalue weighted by Gasteiger charge is -2.32. The van der Waals surface area contributed by atoms with Crippen LogP contribution in [0.3, 0.4) is 0 Å². The minimum absolute atomic E-state index is 0.0321. The van der Waals surface area contributed by atoms with E-state index in [1.54, 1.807) is 12.0 Å².